The summed E-state index contributed by atoms with van der Waals surface area (Å²) in [7, 11) is -2.14. The molecule has 8 heteroatoms. The molecule has 140 valence electrons. The molecule has 2 aromatic carbocycles. The van der Waals surface area contributed by atoms with Gasteiger partial charge in [-0.05, 0) is 23.8 Å². The van der Waals surface area contributed by atoms with Gasteiger partial charge in [-0.2, -0.15) is 13.1 Å². The zero-order chi connectivity index (χ0) is 19.1. The van der Waals surface area contributed by atoms with Gasteiger partial charge in [-0.3, -0.25) is 4.72 Å². The molecule has 0 saturated heterocycles. The van der Waals surface area contributed by atoms with Gasteiger partial charge in [0.05, 0.1) is 19.0 Å². The molecule has 0 saturated carbocycles. The summed E-state index contributed by atoms with van der Waals surface area (Å²) in [6.45, 7) is 0.195. The molecule has 3 aromatic rings. The molecule has 0 amide bonds. The number of benzene rings is 2. The van der Waals surface area contributed by atoms with Gasteiger partial charge in [0.2, 0.25) is 5.88 Å². The van der Waals surface area contributed by atoms with Crippen molar-refractivity contribution in [2.45, 2.75) is 6.54 Å². The number of aromatic nitrogens is 1. The summed E-state index contributed by atoms with van der Waals surface area (Å²) in [6.07, 6.45) is 1.39. The van der Waals surface area contributed by atoms with Crippen LogP contribution >= 0.6 is 0 Å². The molecule has 0 aliphatic carbocycles. The molecular weight excluding hydrogens is 366 g/mol. The standard InChI is InChI=1S/C19H19N3O4S/c1-25-17-8-5-9-18(12-17)26-19-11-10-16(14-20-19)22-27(23,24)21-13-15-6-3-2-4-7-15/h2-12,14,21-22H,13H2,1H3. The Labute approximate surface area is 158 Å². The fourth-order valence-corrected chi connectivity index (χ4v) is 3.11. The number of hydrogen-bond donors (Lipinski definition) is 2. The van der Waals surface area contributed by atoms with Gasteiger partial charge in [-0.15, -0.1) is 0 Å². The minimum Gasteiger partial charge on any atom is -0.497 e. The fraction of sp³-hybridized carbons (Fsp3) is 0.105. The number of nitrogens with zero attached hydrogens (tertiary/aromatic N) is 1. The van der Waals surface area contributed by atoms with Gasteiger partial charge in [0.25, 0.3) is 10.2 Å². The molecule has 3 rings (SSSR count). The van der Waals surface area contributed by atoms with E-state index in [4.69, 9.17) is 9.47 Å². The number of anilines is 1. The number of ether oxygens (including phenoxy) is 2. The second-order valence-electron chi connectivity index (χ2n) is 5.58. The van der Waals surface area contributed by atoms with E-state index in [2.05, 4.69) is 14.4 Å². The zero-order valence-corrected chi connectivity index (χ0v) is 15.4. The summed E-state index contributed by atoms with van der Waals surface area (Å²) in [6, 6.07) is 19.5. The van der Waals surface area contributed by atoms with Crippen molar-refractivity contribution < 1.29 is 17.9 Å². The van der Waals surface area contributed by atoms with Crippen LogP contribution in [-0.4, -0.2) is 20.5 Å². The van der Waals surface area contributed by atoms with E-state index in [-0.39, 0.29) is 6.54 Å². The molecule has 1 aromatic heterocycles. The first-order valence-electron chi connectivity index (χ1n) is 8.13. The molecule has 7 nitrogen and oxygen atoms in total. The number of methoxy groups -OCH3 is 1. The number of nitrogens with one attached hydrogen (secondary N) is 2. The summed E-state index contributed by atoms with van der Waals surface area (Å²) in [5, 5.41) is 0. The molecule has 0 fully saturated rings. The molecule has 0 aliphatic rings. The van der Waals surface area contributed by atoms with Crippen LogP contribution in [0.4, 0.5) is 5.69 Å². The third-order valence-corrected chi connectivity index (χ3v) is 4.59. The molecule has 0 radical (unpaired) electrons. The quantitative estimate of drug-likeness (QED) is 0.621. The van der Waals surface area contributed by atoms with Gasteiger partial charge in [0.1, 0.15) is 11.5 Å². The number of pyridine rings is 1. The summed E-state index contributed by atoms with van der Waals surface area (Å²) < 4.78 is 39.9. The Morgan fingerprint density at radius 1 is 0.963 bits per heavy atom. The molecular formula is C19H19N3O4S. The van der Waals surface area contributed by atoms with Gasteiger partial charge in [0, 0.05) is 18.7 Å². The molecule has 0 bridgehead atoms. The minimum absolute atomic E-state index is 0.195. The number of hydrogen-bond acceptors (Lipinski definition) is 5. The first kappa shape index (κ1) is 18.7. The van der Waals surface area contributed by atoms with E-state index in [0.717, 1.165) is 5.56 Å². The van der Waals surface area contributed by atoms with Crippen molar-refractivity contribution >= 4 is 15.9 Å². The van der Waals surface area contributed by atoms with Gasteiger partial charge < -0.3 is 9.47 Å². The lowest BCUT2D eigenvalue weighted by Gasteiger charge is -2.10. The SMILES string of the molecule is COc1cccc(Oc2ccc(NS(=O)(=O)NCc3ccccc3)cn2)c1. The maximum absolute atomic E-state index is 12.1. The van der Waals surface area contributed by atoms with Crippen LogP contribution in [0.1, 0.15) is 5.56 Å². The predicted octanol–water partition coefficient (Wildman–Crippen LogP) is 3.33. The van der Waals surface area contributed by atoms with E-state index in [0.29, 0.717) is 23.1 Å². The van der Waals surface area contributed by atoms with Crippen molar-refractivity contribution in [3.63, 3.8) is 0 Å². The predicted molar refractivity (Wildman–Crippen MR) is 103 cm³/mol. The van der Waals surface area contributed by atoms with Gasteiger partial charge in [-0.1, -0.05) is 36.4 Å². The van der Waals surface area contributed by atoms with Crippen LogP contribution in [-0.2, 0) is 16.8 Å². The smallest absolute Gasteiger partial charge is 0.299 e. The molecule has 2 N–H and O–H groups in total. The highest BCUT2D eigenvalue weighted by Crippen LogP contribution is 2.24. The van der Waals surface area contributed by atoms with E-state index in [1.807, 2.05) is 30.3 Å². The molecule has 1 heterocycles. The third kappa shape index (κ3) is 5.70. The lowest BCUT2D eigenvalue weighted by atomic mass is 10.2. The average Bonchev–Trinajstić information content (AvgIpc) is 2.69. The molecule has 0 aliphatic heterocycles. The Morgan fingerprint density at radius 2 is 1.74 bits per heavy atom. The second-order valence-corrected chi connectivity index (χ2v) is 7.08. The highest BCUT2D eigenvalue weighted by molar-refractivity contribution is 7.90. The molecule has 0 spiro atoms. The Kier molecular flexibility index (Phi) is 5.90. The maximum Gasteiger partial charge on any atom is 0.299 e. The van der Waals surface area contributed by atoms with Crippen LogP contribution in [0, 0.1) is 0 Å². The van der Waals surface area contributed by atoms with E-state index in [1.165, 1.54) is 6.20 Å². The van der Waals surface area contributed by atoms with E-state index >= 15 is 0 Å². The maximum atomic E-state index is 12.1. The third-order valence-electron chi connectivity index (χ3n) is 3.56. The van der Waals surface area contributed by atoms with Crippen LogP contribution in [0.25, 0.3) is 0 Å². The summed E-state index contributed by atoms with van der Waals surface area (Å²) in [5.74, 6) is 1.57. The minimum atomic E-state index is -3.71. The van der Waals surface area contributed by atoms with E-state index < -0.39 is 10.2 Å². The average molecular weight is 385 g/mol. The van der Waals surface area contributed by atoms with Crippen molar-refractivity contribution in [1.82, 2.24) is 9.71 Å². The lowest BCUT2D eigenvalue weighted by Crippen LogP contribution is -2.29. The Bertz CT molecular complexity index is 977. The summed E-state index contributed by atoms with van der Waals surface area (Å²) in [5.41, 5.74) is 1.19. The lowest BCUT2D eigenvalue weighted by molar-refractivity contribution is 0.407. The summed E-state index contributed by atoms with van der Waals surface area (Å²) >= 11 is 0. The van der Waals surface area contributed by atoms with Gasteiger partial charge in [-0.25, -0.2) is 4.98 Å². The van der Waals surface area contributed by atoms with Crippen LogP contribution in [0.15, 0.2) is 72.9 Å². The summed E-state index contributed by atoms with van der Waals surface area (Å²) in [4.78, 5) is 4.11. The van der Waals surface area contributed by atoms with Crippen molar-refractivity contribution in [2.24, 2.45) is 0 Å². The van der Waals surface area contributed by atoms with Gasteiger partial charge >= 0.3 is 0 Å². The molecule has 0 atom stereocenters. The van der Waals surface area contributed by atoms with E-state index in [9.17, 15) is 8.42 Å². The molecule has 27 heavy (non-hydrogen) atoms. The largest absolute Gasteiger partial charge is 0.497 e. The van der Waals surface area contributed by atoms with Crippen molar-refractivity contribution in [2.75, 3.05) is 11.8 Å². The van der Waals surface area contributed by atoms with Crippen molar-refractivity contribution in [3.8, 4) is 17.4 Å². The van der Waals surface area contributed by atoms with Gasteiger partial charge in [0.15, 0.2) is 0 Å². The zero-order valence-electron chi connectivity index (χ0n) is 14.6. The van der Waals surface area contributed by atoms with Crippen LogP contribution in [0.2, 0.25) is 0 Å². The second kappa shape index (κ2) is 8.52. The first-order chi connectivity index (χ1) is 13.0. The Balaban J connectivity index is 1.59. The Hall–Kier alpha value is -3.10. The highest BCUT2D eigenvalue weighted by Gasteiger charge is 2.10. The highest BCUT2D eigenvalue weighted by atomic mass is 32.2. The fourth-order valence-electron chi connectivity index (χ4n) is 2.25. The van der Waals surface area contributed by atoms with Crippen molar-refractivity contribution in [1.29, 1.82) is 0 Å². The topological polar surface area (TPSA) is 89.5 Å². The van der Waals surface area contributed by atoms with E-state index in [1.54, 1.807) is 43.5 Å². The number of rotatable bonds is 8. The normalized spacial score (nSPS) is 11.0. The Morgan fingerprint density at radius 3 is 2.44 bits per heavy atom. The van der Waals surface area contributed by atoms with Crippen LogP contribution < -0.4 is 18.9 Å². The molecule has 0 unspecified atom stereocenters. The van der Waals surface area contributed by atoms with Crippen LogP contribution in [0.3, 0.4) is 0 Å². The monoisotopic (exact) mass is 385 g/mol. The first-order valence-corrected chi connectivity index (χ1v) is 9.62. The van der Waals surface area contributed by atoms with Crippen molar-refractivity contribution in [3.05, 3.63) is 78.5 Å². The van der Waals surface area contributed by atoms with Crippen LogP contribution in [0.5, 0.6) is 17.4 Å².